The monoisotopic (exact) mass is 460 g/mol. The van der Waals surface area contributed by atoms with Gasteiger partial charge in [-0.05, 0) is 60.8 Å². The Hall–Kier alpha value is -1.94. The fourth-order valence-electron chi connectivity index (χ4n) is 2.17. The first-order chi connectivity index (χ1) is 12.7. The first kappa shape index (κ1) is 21.4. The second-order valence-electron chi connectivity index (χ2n) is 6.84. The van der Waals surface area contributed by atoms with E-state index in [0.717, 1.165) is 13.3 Å². The highest BCUT2D eigenvalue weighted by molar-refractivity contribution is 9.11. The molecule has 10 heteroatoms. The molecule has 0 atom stereocenters. The zero-order valence-corrected chi connectivity index (χ0v) is 17.8. The van der Waals surface area contributed by atoms with Gasteiger partial charge in [0.25, 0.3) is 0 Å². The number of carbonyl (C=O) groups excluding carboxylic acids is 1. The summed E-state index contributed by atoms with van der Waals surface area (Å²) < 4.78 is 21.9. The molecular formula is C17H22BrFN4O3S. The summed E-state index contributed by atoms with van der Waals surface area (Å²) in [6, 6.07) is 3.96. The van der Waals surface area contributed by atoms with Crippen LogP contribution in [0.1, 0.15) is 25.6 Å². The highest BCUT2D eigenvalue weighted by Crippen LogP contribution is 2.22. The lowest BCUT2D eigenvalue weighted by molar-refractivity contribution is 0.0532. The minimum absolute atomic E-state index is 0.0529. The summed E-state index contributed by atoms with van der Waals surface area (Å²) in [6.07, 6.45) is 1.85. The highest BCUT2D eigenvalue weighted by Gasteiger charge is 2.16. The second-order valence-corrected chi connectivity index (χ2v) is 9.39. The van der Waals surface area contributed by atoms with Crippen molar-refractivity contribution in [3.05, 3.63) is 49.5 Å². The fraction of sp³-hybridized carbons (Fsp3) is 0.471. The molecule has 2 rings (SSSR count). The van der Waals surface area contributed by atoms with Crippen LogP contribution in [0.3, 0.4) is 0 Å². The van der Waals surface area contributed by atoms with E-state index in [1.807, 2.05) is 12.1 Å². The number of nitrogens with one attached hydrogen (secondary N) is 1. The Kier molecular flexibility index (Phi) is 7.37. The van der Waals surface area contributed by atoms with Crippen molar-refractivity contribution < 1.29 is 13.9 Å². The number of hydrogen-bond donors (Lipinski definition) is 1. The quantitative estimate of drug-likeness (QED) is 0.685. The molecule has 0 spiro atoms. The van der Waals surface area contributed by atoms with Crippen molar-refractivity contribution in [2.45, 2.75) is 45.9 Å². The molecule has 0 fully saturated rings. The molecule has 1 N–H and O–H groups in total. The van der Waals surface area contributed by atoms with E-state index >= 15 is 0 Å². The number of aryl methyl sites for hydroxylation is 2. The zero-order valence-electron chi connectivity index (χ0n) is 15.4. The van der Waals surface area contributed by atoms with Gasteiger partial charge in [0.1, 0.15) is 11.9 Å². The molecule has 0 saturated heterocycles. The molecule has 0 saturated carbocycles. The molecule has 2 aromatic heterocycles. The molecule has 0 aromatic carbocycles. The van der Waals surface area contributed by atoms with Crippen molar-refractivity contribution in [1.29, 1.82) is 0 Å². The maximum Gasteiger partial charge on any atom is 0.407 e. The van der Waals surface area contributed by atoms with Gasteiger partial charge in [0.05, 0.1) is 16.7 Å². The summed E-state index contributed by atoms with van der Waals surface area (Å²) in [5.74, 6) is 0. The molecule has 27 heavy (non-hydrogen) atoms. The Morgan fingerprint density at radius 1 is 1.44 bits per heavy atom. The van der Waals surface area contributed by atoms with Gasteiger partial charge in [-0.2, -0.15) is 5.10 Å². The van der Waals surface area contributed by atoms with E-state index in [2.05, 4.69) is 26.3 Å². The summed E-state index contributed by atoms with van der Waals surface area (Å²) >= 11 is 5.02. The summed E-state index contributed by atoms with van der Waals surface area (Å²) in [5, 5.41) is 6.48. The van der Waals surface area contributed by atoms with E-state index in [1.165, 1.54) is 10.9 Å². The van der Waals surface area contributed by atoms with Gasteiger partial charge in [-0.1, -0.05) is 0 Å². The minimum atomic E-state index is -0.651. The van der Waals surface area contributed by atoms with Crippen molar-refractivity contribution in [2.75, 3.05) is 6.54 Å². The van der Waals surface area contributed by atoms with Gasteiger partial charge in [-0.25, -0.2) is 18.7 Å². The first-order valence-corrected chi connectivity index (χ1v) is 9.90. The summed E-state index contributed by atoms with van der Waals surface area (Å²) in [7, 11) is 0. The largest absolute Gasteiger partial charge is 0.444 e. The van der Waals surface area contributed by atoms with Crippen LogP contribution in [0.2, 0.25) is 0 Å². The third-order valence-corrected chi connectivity index (χ3v) is 5.07. The van der Waals surface area contributed by atoms with Gasteiger partial charge in [0.15, 0.2) is 0 Å². The minimum Gasteiger partial charge on any atom is -0.444 e. The Bertz CT molecular complexity index is 866. The van der Waals surface area contributed by atoms with Gasteiger partial charge >= 0.3 is 11.8 Å². The van der Waals surface area contributed by atoms with Crippen LogP contribution in [0.25, 0.3) is 0 Å². The molecule has 0 radical (unpaired) electrons. The average Bonchev–Trinajstić information content (AvgIpc) is 3.14. The number of nitrogens with zero attached hydrogens (tertiary/aromatic N) is 3. The van der Waals surface area contributed by atoms with Crippen molar-refractivity contribution >= 4 is 33.4 Å². The predicted molar refractivity (Wildman–Crippen MR) is 106 cm³/mol. The van der Waals surface area contributed by atoms with Crippen molar-refractivity contribution in [3.8, 4) is 0 Å². The number of rotatable bonds is 7. The third kappa shape index (κ3) is 6.94. The highest BCUT2D eigenvalue weighted by atomic mass is 79.9. The van der Waals surface area contributed by atoms with Crippen LogP contribution in [0.15, 0.2) is 38.9 Å². The normalized spacial score (nSPS) is 12.3. The molecule has 0 aliphatic carbocycles. The van der Waals surface area contributed by atoms with E-state index in [-0.39, 0.29) is 24.4 Å². The van der Waals surface area contributed by atoms with E-state index in [1.54, 1.807) is 32.1 Å². The van der Waals surface area contributed by atoms with Crippen LogP contribution in [-0.2, 0) is 24.2 Å². The van der Waals surface area contributed by atoms with Gasteiger partial charge < -0.3 is 10.1 Å². The molecule has 2 aromatic rings. The van der Waals surface area contributed by atoms with Gasteiger partial charge in [0.2, 0.25) is 0 Å². The van der Waals surface area contributed by atoms with Crippen LogP contribution >= 0.6 is 27.3 Å². The molecule has 2 heterocycles. The van der Waals surface area contributed by atoms with Crippen LogP contribution in [0, 0.1) is 0 Å². The van der Waals surface area contributed by atoms with Gasteiger partial charge in [-0.15, -0.1) is 11.3 Å². The lowest BCUT2D eigenvalue weighted by Gasteiger charge is -2.19. The average molecular weight is 461 g/mol. The Morgan fingerprint density at radius 3 is 2.78 bits per heavy atom. The fourth-order valence-corrected chi connectivity index (χ4v) is 3.64. The molecule has 0 aliphatic rings. The van der Waals surface area contributed by atoms with Crippen LogP contribution in [0.4, 0.5) is 9.18 Å². The van der Waals surface area contributed by atoms with E-state index in [9.17, 15) is 14.0 Å². The number of carbonyl (C=O) groups is 1. The Labute approximate surface area is 169 Å². The van der Waals surface area contributed by atoms with E-state index in [0.29, 0.717) is 19.3 Å². The number of alkyl carbamates (subject to hydrolysis) is 1. The lowest BCUT2D eigenvalue weighted by Crippen LogP contribution is -2.34. The maximum atomic E-state index is 13.1. The maximum absolute atomic E-state index is 13.1. The van der Waals surface area contributed by atoms with E-state index in [4.69, 9.17) is 4.74 Å². The first-order valence-electron chi connectivity index (χ1n) is 8.29. The topological polar surface area (TPSA) is 78.2 Å². The summed E-state index contributed by atoms with van der Waals surface area (Å²) in [4.78, 5) is 25.2. The van der Waals surface area contributed by atoms with Gasteiger partial charge in [-0.3, -0.25) is 4.57 Å². The molecule has 1 amide bonds. The summed E-state index contributed by atoms with van der Waals surface area (Å²) in [5.41, 5.74) is -0.769. The number of ether oxygens (including phenoxy) is 1. The SMILES string of the molecule is CC(C)(C)OC(=O)NC/C(=C\F)Cn1ncn(CCc2ccc(Br)s2)c1=O. The van der Waals surface area contributed by atoms with Crippen molar-refractivity contribution in [2.24, 2.45) is 0 Å². The number of halogens is 2. The van der Waals surface area contributed by atoms with E-state index < -0.39 is 11.7 Å². The number of amides is 1. The lowest BCUT2D eigenvalue weighted by atomic mass is 10.2. The Balaban J connectivity index is 1.91. The number of hydrogen-bond acceptors (Lipinski definition) is 5. The Morgan fingerprint density at radius 2 is 2.19 bits per heavy atom. The number of aromatic nitrogens is 3. The molecule has 0 aliphatic heterocycles. The molecular weight excluding hydrogens is 439 g/mol. The second kappa shape index (κ2) is 9.32. The standard InChI is InChI=1S/C17H22BrFN4O3S/c1-17(2,3)26-15(24)20-9-12(8-19)10-23-16(25)22(11-21-23)7-6-13-4-5-14(18)27-13/h4-5,8,11H,6-7,9-10H2,1-3H3,(H,20,24)/b12-8+. The van der Waals surface area contributed by atoms with Crippen LogP contribution in [0.5, 0.6) is 0 Å². The van der Waals surface area contributed by atoms with Crippen LogP contribution < -0.4 is 11.0 Å². The molecule has 148 valence electrons. The number of thiophene rings is 1. The smallest absolute Gasteiger partial charge is 0.407 e. The van der Waals surface area contributed by atoms with Gasteiger partial charge in [0, 0.05) is 18.0 Å². The van der Waals surface area contributed by atoms with Crippen molar-refractivity contribution in [1.82, 2.24) is 19.7 Å². The zero-order chi connectivity index (χ0) is 20.0. The third-order valence-electron chi connectivity index (χ3n) is 3.39. The molecule has 0 unspecified atom stereocenters. The predicted octanol–water partition coefficient (Wildman–Crippen LogP) is 3.49. The van der Waals surface area contributed by atoms with Crippen LogP contribution in [-0.4, -0.2) is 32.6 Å². The molecule has 7 nitrogen and oxygen atoms in total. The summed E-state index contributed by atoms with van der Waals surface area (Å²) in [6.45, 7) is 5.56. The van der Waals surface area contributed by atoms with Crippen molar-refractivity contribution in [3.63, 3.8) is 0 Å². The molecule has 0 bridgehead atoms.